The molecule has 1 saturated carbocycles. The average molecular weight is 523 g/mol. The lowest BCUT2D eigenvalue weighted by Gasteiger charge is -2.47. The van der Waals surface area contributed by atoms with Gasteiger partial charge in [-0.25, -0.2) is 15.0 Å². The summed E-state index contributed by atoms with van der Waals surface area (Å²) in [6, 6.07) is 6.05. The van der Waals surface area contributed by atoms with E-state index in [4.69, 9.17) is 0 Å². The number of aryl methyl sites for hydroxylation is 1. The van der Waals surface area contributed by atoms with Crippen molar-refractivity contribution in [1.82, 2.24) is 15.0 Å². The summed E-state index contributed by atoms with van der Waals surface area (Å²) in [5.41, 5.74) is -1.61. The topological polar surface area (TPSA) is 128 Å². The van der Waals surface area contributed by atoms with Gasteiger partial charge in [0.05, 0.1) is 16.9 Å². The third-order valence-corrected chi connectivity index (χ3v) is 7.63. The fourth-order valence-electron chi connectivity index (χ4n) is 4.64. The maximum absolute atomic E-state index is 13.0. The molecule has 36 heavy (non-hydrogen) atoms. The third-order valence-electron chi connectivity index (χ3n) is 6.42. The Balaban J connectivity index is 1.62. The quantitative estimate of drug-likeness (QED) is 0.378. The van der Waals surface area contributed by atoms with E-state index in [0.717, 1.165) is 29.2 Å². The fraction of sp³-hybridized carbons (Fsp3) is 0.417. The zero-order valence-electron chi connectivity index (χ0n) is 19.7. The number of carbonyl (C=O) groups is 1. The minimum Gasteiger partial charge on any atom is -0.481 e. The summed E-state index contributed by atoms with van der Waals surface area (Å²) in [6.45, 7) is 5.30. The van der Waals surface area contributed by atoms with Crippen molar-refractivity contribution in [3.63, 3.8) is 0 Å². The van der Waals surface area contributed by atoms with E-state index >= 15 is 0 Å². The lowest BCUT2D eigenvalue weighted by molar-refractivity contribution is -0.175. The highest BCUT2D eigenvalue weighted by Crippen LogP contribution is 2.51. The van der Waals surface area contributed by atoms with E-state index in [0.29, 0.717) is 16.1 Å². The summed E-state index contributed by atoms with van der Waals surface area (Å²) in [5.74, 6) is -2.04. The maximum Gasteiger partial charge on any atom is 0.433 e. The smallest absolute Gasteiger partial charge is 0.433 e. The van der Waals surface area contributed by atoms with E-state index in [1.165, 1.54) is 0 Å². The van der Waals surface area contributed by atoms with E-state index in [-0.39, 0.29) is 23.8 Å². The van der Waals surface area contributed by atoms with Crippen LogP contribution in [-0.4, -0.2) is 42.3 Å². The largest absolute Gasteiger partial charge is 0.481 e. The number of halogens is 3. The molecule has 1 aliphatic rings. The van der Waals surface area contributed by atoms with Gasteiger partial charge in [-0.3, -0.25) is 4.79 Å². The van der Waals surface area contributed by atoms with Gasteiger partial charge in [0.25, 0.3) is 0 Å². The van der Waals surface area contributed by atoms with E-state index in [1.807, 2.05) is 13.0 Å². The highest BCUT2D eigenvalue weighted by molar-refractivity contribution is 7.15. The molecule has 0 radical (unpaired) electrons. The fourth-order valence-corrected chi connectivity index (χ4v) is 5.68. The number of aliphatic hydroxyl groups is 2. The van der Waals surface area contributed by atoms with Crippen molar-refractivity contribution in [2.75, 3.05) is 5.32 Å². The van der Waals surface area contributed by atoms with Gasteiger partial charge in [-0.1, -0.05) is 19.9 Å². The first-order valence-electron chi connectivity index (χ1n) is 11.1. The van der Waals surface area contributed by atoms with Crippen molar-refractivity contribution in [2.24, 2.45) is 11.3 Å². The maximum atomic E-state index is 13.0. The summed E-state index contributed by atoms with van der Waals surface area (Å²) < 4.78 is 39.0. The number of alkyl halides is 3. The number of aliphatic hydroxyl groups excluding tert-OH is 1. The van der Waals surface area contributed by atoms with Gasteiger partial charge in [0.1, 0.15) is 16.3 Å². The molecule has 1 fully saturated rings. The standard InChI is InChI=1S/C24H25F3N4O4S/c1-12-6-13(8-14(7-12)30-21-28-5-4-17(31-21)24(25,26)27)16-10-29-20(36-16)23(35)11-22(2,3)15(19(33)34)9-18(23)32/h4-8,10,15,18,32,35H,9,11H2,1-3H3,(H,33,34)(H,28,30,31)/t15-,18?,23+/m1/s1. The normalized spacial score (nSPS) is 23.9. The predicted octanol–water partition coefficient (Wildman–Crippen LogP) is 4.74. The van der Waals surface area contributed by atoms with Crippen LogP contribution in [-0.2, 0) is 16.6 Å². The number of thiazole rings is 1. The Hall–Kier alpha value is -3.09. The Kier molecular flexibility index (Phi) is 6.56. The van der Waals surface area contributed by atoms with Gasteiger partial charge in [0, 0.05) is 18.1 Å². The molecule has 1 aromatic carbocycles. The molecule has 8 nitrogen and oxygen atoms in total. The number of anilines is 2. The first-order chi connectivity index (χ1) is 16.7. The summed E-state index contributed by atoms with van der Waals surface area (Å²) >= 11 is 1.16. The average Bonchev–Trinajstić information content (AvgIpc) is 3.26. The van der Waals surface area contributed by atoms with Crippen molar-refractivity contribution >= 4 is 28.9 Å². The molecule has 2 aromatic heterocycles. The second-order valence-corrected chi connectivity index (χ2v) is 10.8. The van der Waals surface area contributed by atoms with Gasteiger partial charge in [-0.2, -0.15) is 13.2 Å². The van der Waals surface area contributed by atoms with Gasteiger partial charge in [0.15, 0.2) is 0 Å². The molecule has 3 aromatic rings. The van der Waals surface area contributed by atoms with Crippen LogP contribution in [0.1, 0.15) is 43.0 Å². The molecular formula is C24H25F3N4O4S. The molecule has 1 aliphatic carbocycles. The molecule has 0 amide bonds. The minimum absolute atomic E-state index is 0.0125. The molecule has 0 saturated heterocycles. The Bertz CT molecular complexity index is 1300. The van der Waals surface area contributed by atoms with Crippen LogP contribution < -0.4 is 5.32 Å². The van der Waals surface area contributed by atoms with Gasteiger partial charge in [-0.15, -0.1) is 11.3 Å². The number of aliphatic carboxylic acids is 1. The molecule has 0 bridgehead atoms. The molecule has 192 valence electrons. The molecule has 0 spiro atoms. The second kappa shape index (κ2) is 9.09. The second-order valence-electron chi connectivity index (χ2n) is 9.74. The van der Waals surface area contributed by atoms with Crippen LogP contribution in [0, 0.1) is 18.3 Å². The van der Waals surface area contributed by atoms with Gasteiger partial charge < -0.3 is 20.6 Å². The van der Waals surface area contributed by atoms with Crippen molar-refractivity contribution in [2.45, 2.75) is 51.5 Å². The molecule has 4 N–H and O–H groups in total. The van der Waals surface area contributed by atoms with Crippen LogP contribution in [0.4, 0.5) is 24.8 Å². The number of benzene rings is 1. The molecule has 0 aliphatic heterocycles. The SMILES string of the molecule is Cc1cc(Nc2nccc(C(F)(F)F)n2)cc(-c2cnc([C@]3(O)CC(C)(C)[C@@H](C(=O)O)CC3O)s2)c1. The number of carboxylic acids is 1. The first kappa shape index (κ1) is 26.0. The molecule has 1 unspecified atom stereocenters. The molecule has 3 atom stereocenters. The number of carboxylic acid groups (broad SMARTS) is 1. The predicted molar refractivity (Wildman–Crippen MR) is 127 cm³/mol. The zero-order chi connectivity index (χ0) is 26.5. The van der Waals surface area contributed by atoms with Crippen LogP contribution in [0.2, 0.25) is 0 Å². The Morgan fingerprint density at radius 1 is 1.22 bits per heavy atom. The summed E-state index contributed by atoms with van der Waals surface area (Å²) in [4.78, 5) is 24.0. The summed E-state index contributed by atoms with van der Waals surface area (Å²) in [5, 5.41) is 34.7. The van der Waals surface area contributed by atoms with Crippen LogP contribution in [0.25, 0.3) is 10.4 Å². The zero-order valence-corrected chi connectivity index (χ0v) is 20.5. The van der Waals surface area contributed by atoms with Crippen molar-refractivity contribution in [1.29, 1.82) is 0 Å². The third kappa shape index (κ3) is 5.06. The number of nitrogens with one attached hydrogen (secondary N) is 1. The number of hydrogen-bond acceptors (Lipinski definition) is 8. The van der Waals surface area contributed by atoms with E-state index in [2.05, 4.69) is 20.3 Å². The highest BCUT2D eigenvalue weighted by Gasteiger charge is 2.54. The van der Waals surface area contributed by atoms with Gasteiger partial charge in [-0.05, 0) is 54.5 Å². The highest BCUT2D eigenvalue weighted by atomic mass is 32.1. The Labute approximate surface area is 208 Å². The van der Waals surface area contributed by atoms with Gasteiger partial charge in [0.2, 0.25) is 5.95 Å². The number of aromatic nitrogens is 3. The Morgan fingerprint density at radius 2 is 1.94 bits per heavy atom. The minimum atomic E-state index is -4.60. The number of nitrogens with zero attached hydrogens (tertiary/aromatic N) is 3. The van der Waals surface area contributed by atoms with Gasteiger partial charge >= 0.3 is 12.1 Å². The first-order valence-corrected chi connectivity index (χ1v) is 11.9. The van der Waals surface area contributed by atoms with Crippen molar-refractivity contribution < 1.29 is 33.3 Å². The lowest BCUT2D eigenvalue weighted by atomic mass is 9.62. The van der Waals surface area contributed by atoms with Crippen LogP contribution in [0.5, 0.6) is 0 Å². The molecule has 12 heteroatoms. The molecule has 4 rings (SSSR count). The Morgan fingerprint density at radius 3 is 2.61 bits per heavy atom. The van der Waals surface area contributed by atoms with Crippen LogP contribution in [0.3, 0.4) is 0 Å². The summed E-state index contributed by atoms with van der Waals surface area (Å²) in [6.07, 6.45) is -3.43. The molecular weight excluding hydrogens is 497 g/mol. The van der Waals surface area contributed by atoms with Crippen LogP contribution in [0.15, 0.2) is 36.7 Å². The van der Waals surface area contributed by atoms with Crippen molar-refractivity contribution in [3.05, 3.63) is 52.9 Å². The monoisotopic (exact) mass is 522 g/mol. The van der Waals surface area contributed by atoms with E-state index in [9.17, 15) is 33.3 Å². The van der Waals surface area contributed by atoms with E-state index in [1.54, 1.807) is 32.2 Å². The van der Waals surface area contributed by atoms with Crippen molar-refractivity contribution in [3.8, 4) is 10.4 Å². The number of rotatable bonds is 5. The molecule has 2 heterocycles. The number of hydrogen-bond donors (Lipinski definition) is 4. The summed E-state index contributed by atoms with van der Waals surface area (Å²) in [7, 11) is 0. The van der Waals surface area contributed by atoms with E-state index < -0.39 is 40.9 Å². The van der Waals surface area contributed by atoms with Crippen LogP contribution >= 0.6 is 11.3 Å². The lowest BCUT2D eigenvalue weighted by Crippen LogP contribution is -2.53.